The van der Waals surface area contributed by atoms with Crippen LogP contribution in [0.2, 0.25) is 0 Å². The first kappa shape index (κ1) is 15.8. The fraction of sp³-hybridized carbons (Fsp3) is 0.0588. The van der Waals surface area contributed by atoms with E-state index in [1.165, 1.54) is 18.2 Å². The molecule has 0 fully saturated rings. The van der Waals surface area contributed by atoms with E-state index in [4.69, 9.17) is 9.52 Å². The maximum absolute atomic E-state index is 13.9. The summed E-state index contributed by atoms with van der Waals surface area (Å²) < 4.78 is 46.2. The van der Waals surface area contributed by atoms with Crippen LogP contribution in [-0.4, -0.2) is 11.1 Å². The van der Waals surface area contributed by atoms with Crippen LogP contribution in [0.15, 0.2) is 45.6 Å². The number of halogens is 3. The molecule has 0 saturated carbocycles. The molecule has 1 heterocycles. The third kappa shape index (κ3) is 2.76. The average Bonchev–Trinajstić information content (AvgIpc) is 2.46. The van der Waals surface area contributed by atoms with Crippen LogP contribution in [0.25, 0.3) is 22.3 Å². The first-order valence-corrected chi connectivity index (χ1v) is 6.79. The Balaban J connectivity index is 2.32. The Labute approximate surface area is 132 Å². The van der Waals surface area contributed by atoms with Crippen molar-refractivity contribution in [2.75, 3.05) is 0 Å². The van der Waals surface area contributed by atoms with Gasteiger partial charge in [-0.3, -0.25) is 9.59 Å². The van der Waals surface area contributed by atoms with E-state index in [1.54, 1.807) is 0 Å². The number of aliphatic carboxylic acids is 1. The molecule has 0 aliphatic heterocycles. The number of para-hydroxylation sites is 1. The number of carbonyl (C=O) groups is 1. The Kier molecular flexibility index (Phi) is 3.84. The van der Waals surface area contributed by atoms with Crippen LogP contribution < -0.4 is 5.43 Å². The van der Waals surface area contributed by atoms with Gasteiger partial charge in [0.25, 0.3) is 0 Å². The Bertz CT molecular complexity index is 1000. The van der Waals surface area contributed by atoms with Crippen molar-refractivity contribution in [1.29, 1.82) is 0 Å². The molecule has 0 spiro atoms. The van der Waals surface area contributed by atoms with Crippen LogP contribution in [0.4, 0.5) is 13.2 Å². The van der Waals surface area contributed by atoms with Crippen LogP contribution in [0, 0.1) is 17.5 Å². The van der Waals surface area contributed by atoms with Crippen molar-refractivity contribution in [2.45, 2.75) is 6.42 Å². The molecular weight excluding hydrogens is 325 g/mol. The molecule has 0 radical (unpaired) electrons. The van der Waals surface area contributed by atoms with Gasteiger partial charge in [0, 0.05) is 23.8 Å². The second-order valence-corrected chi connectivity index (χ2v) is 5.08. The Morgan fingerprint density at radius 1 is 1.08 bits per heavy atom. The number of fused-ring (bicyclic) bond motifs is 1. The summed E-state index contributed by atoms with van der Waals surface area (Å²) in [4.78, 5) is 23.1. The van der Waals surface area contributed by atoms with E-state index in [2.05, 4.69) is 0 Å². The minimum Gasteiger partial charge on any atom is -0.481 e. The predicted octanol–water partition coefficient (Wildman–Crippen LogP) is 3.50. The summed E-state index contributed by atoms with van der Waals surface area (Å²) in [5.74, 6) is -5.17. The minimum atomic E-state index is -1.23. The number of hydrogen-bond donors (Lipinski definition) is 1. The van der Waals surface area contributed by atoms with Gasteiger partial charge < -0.3 is 9.52 Å². The zero-order valence-corrected chi connectivity index (χ0v) is 12.0. The highest BCUT2D eigenvalue weighted by molar-refractivity contribution is 5.85. The van der Waals surface area contributed by atoms with Gasteiger partial charge in [0.2, 0.25) is 0 Å². The highest BCUT2D eigenvalue weighted by Crippen LogP contribution is 2.29. The molecule has 0 amide bonds. The lowest BCUT2D eigenvalue weighted by atomic mass is 10.1. The number of carboxylic acid groups (broad SMARTS) is 1. The van der Waals surface area contributed by atoms with Crippen LogP contribution >= 0.6 is 0 Å². The Morgan fingerprint density at radius 2 is 1.75 bits per heavy atom. The van der Waals surface area contributed by atoms with Crippen LogP contribution in [-0.2, 0) is 11.2 Å². The molecule has 24 heavy (non-hydrogen) atoms. The minimum absolute atomic E-state index is 0.0782. The van der Waals surface area contributed by atoms with Gasteiger partial charge >= 0.3 is 5.97 Å². The van der Waals surface area contributed by atoms with Crippen LogP contribution in [0.3, 0.4) is 0 Å². The summed E-state index contributed by atoms with van der Waals surface area (Å²) in [6.07, 6.45) is -0.432. The van der Waals surface area contributed by atoms with E-state index in [0.29, 0.717) is 12.1 Å². The average molecular weight is 334 g/mol. The van der Waals surface area contributed by atoms with Crippen molar-refractivity contribution < 1.29 is 27.5 Å². The standard InChI is InChI=1S/C17H9F3O4/c18-9-5-11(19)16(12(20)6-9)14-7-13(21)10-3-1-2-8(4-15(22)23)17(10)24-14/h1-3,5-7H,4H2,(H,22,23). The summed E-state index contributed by atoms with van der Waals surface area (Å²) >= 11 is 0. The van der Waals surface area contributed by atoms with Gasteiger partial charge in [0.05, 0.1) is 17.4 Å². The highest BCUT2D eigenvalue weighted by atomic mass is 19.1. The number of benzene rings is 2. The van der Waals surface area contributed by atoms with Crippen LogP contribution in [0.1, 0.15) is 5.56 Å². The first-order valence-electron chi connectivity index (χ1n) is 6.79. The quantitative estimate of drug-likeness (QED) is 0.796. The lowest BCUT2D eigenvalue weighted by Gasteiger charge is -2.08. The molecule has 1 N–H and O–H groups in total. The molecule has 0 aliphatic carbocycles. The Hall–Kier alpha value is -3.09. The molecule has 4 nitrogen and oxygen atoms in total. The number of carboxylic acids is 1. The lowest BCUT2D eigenvalue weighted by Crippen LogP contribution is -2.06. The fourth-order valence-corrected chi connectivity index (χ4v) is 2.44. The molecule has 7 heteroatoms. The molecule has 0 saturated heterocycles. The number of rotatable bonds is 3. The van der Waals surface area contributed by atoms with Gasteiger partial charge in [-0.05, 0) is 6.07 Å². The predicted molar refractivity (Wildman–Crippen MR) is 79.1 cm³/mol. The van der Waals surface area contributed by atoms with Crippen molar-refractivity contribution in [3.8, 4) is 11.3 Å². The van der Waals surface area contributed by atoms with Gasteiger partial charge in [-0.1, -0.05) is 12.1 Å². The van der Waals surface area contributed by atoms with E-state index < -0.39 is 46.6 Å². The second-order valence-electron chi connectivity index (χ2n) is 5.08. The van der Waals surface area contributed by atoms with Gasteiger partial charge in [-0.2, -0.15) is 0 Å². The molecule has 122 valence electrons. The molecule has 0 bridgehead atoms. The van der Waals surface area contributed by atoms with E-state index in [1.807, 2.05) is 0 Å². The van der Waals surface area contributed by atoms with E-state index in [9.17, 15) is 22.8 Å². The third-order valence-corrected chi connectivity index (χ3v) is 3.43. The normalized spacial score (nSPS) is 11.0. The molecule has 1 aromatic heterocycles. The molecule has 0 atom stereocenters. The summed E-state index contributed by atoms with van der Waals surface area (Å²) in [5, 5.41) is 9.00. The third-order valence-electron chi connectivity index (χ3n) is 3.43. The lowest BCUT2D eigenvalue weighted by molar-refractivity contribution is -0.136. The SMILES string of the molecule is O=C(O)Cc1cccc2c(=O)cc(-c3c(F)cc(F)cc3F)oc12. The van der Waals surface area contributed by atoms with Crippen molar-refractivity contribution in [2.24, 2.45) is 0 Å². The molecule has 2 aromatic carbocycles. The molecule has 3 aromatic rings. The zero-order valence-electron chi connectivity index (χ0n) is 12.0. The topological polar surface area (TPSA) is 67.5 Å². The zero-order chi connectivity index (χ0) is 17.4. The first-order chi connectivity index (χ1) is 11.4. The number of hydrogen-bond acceptors (Lipinski definition) is 3. The van der Waals surface area contributed by atoms with E-state index >= 15 is 0 Å². The fourth-order valence-electron chi connectivity index (χ4n) is 2.44. The van der Waals surface area contributed by atoms with Gasteiger partial charge in [0.1, 0.15) is 28.8 Å². The Morgan fingerprint density at radius 3 is 2.38 bits per heavy atom. The molecule has 3 rings (SSSR count). The maximum atomic E-state index is 13.9. The molecule has 0 unspecified atom stereocenters. The molecular formula is C17H9F3O4. The monoisotopic (exact) mass is 334 g/mol. The van der Waals surface area contributed by atoms with Crippen molar-refractivity contribution >= 4 is 16.9 Å². The second kappa shape index (κ2) is 5.84. The molecule has 0 aliphatic rings. The van der Waals surface area contributed by atoms with Gasteiger partial charge in [-0.15, -0.1) is 0 Å². The van der Waals surface area contributed by atoms with Crippen LogP contribution in [0.5, 0.6) is 0 Å². The largest absolute Gasteiger partial charge is 0.481 e. The van der Waals surface area contributed by atoms with Crippen molar-refractivity contribution in [3.63, 3.8) is 0 Å². The smallest absolute Gasteiger partial charge is 0.307 e. The van der Waals surface area contributed by atoms with Gasteiger partial charge in [-0.25, -0.2) is 13.2 Å². The maximum Gasteiger partial charge on any atom is 0.307 e. The van der Waals surface area contributed by atoms with Gasteiger partial charge in [0.15, 0.2) is 5.43 Å². The summed E-state index contributed by atoms with van der Waals surface area (Å²) in [5.41, 5.74) is -1.19. The summed E-state index contributed by atoms with van der Waals surface area (Å²) in [7, 11) is 0. The van der Waals surface area contributed by atoms with E-state index in [0.717, 1.165) is 6.07 Å². The summed E-state index contributed by atoms with van der Waals surface area (Å²) in [6.45, 7) is 0. The van der Waals surface area contributed by atoms with Crippen molar-refractivity contribution in [1.82, 2.24) is 0 Å². The summed E-state index contributed by atoms with van der Waals surface area (Å²) in [6, 6.07) is 6.13. The van der Waals surface area contributed by atoms with E-state index in [-0.39, 0.29) is 16.5 Å². The highest BCUT2D eigenvalue weighted by Gasteiger charge is 2.19. The van der Waals surface area contributed by atoms with Crippen molar-refractivity contribution in [3.05, 3.63) is 69.6 Å².